The topological polar surface area (TPSA) is 21.3 Å². The Balaban J connectivity index is 2.01. The highest BCUT2D eigenvalue weighted by Crippen LogP contribution is 2.23. The molecule has 4 heteroatoms. The van der Waals surface area contributed by atoms with Gasteiger partial charge in [0.2, 0.25) is 0 Å². The number of hydrogen-bond donors (Lipinski definition) is 1. The largest absolute Gasteiger partial charge is 0.380 e. The van der Waals surface area contributed by atoms with Crippen LogP contribution in [-0.2, 0) is 11.2 Å². The number of hydrogen-bond acceptors (Lipinski definition) is 2. The Hall–Kier alpha value is -0.280. The van der Waals surface area contributed by atoms with Crippen molar-refractivity contribution in [2.45, 2.75) is 6.42 Å². The predicted octanol–water partition coefficient (Wildman–Crippen LogP) is 2.77. The van der Waals surface area contributed by atoms with Crippen molar-refractivity contribution in [2.75, 3.05) is 26.3 Å². The molecular weight excluding hydrogens is 245 g/mol. The van der Waals surface area contributed by atoms with Crippen LogP contribution in [0.5, 0.6) is 0 Å². The molecule has 0 amide bonds. The molecule has 1 atom stereocenters. The van der Waals surface area contributed by atoms with Crippen LogP contribution in [0.2, 0.25) is 10.0 Å². The molecule has 2 rings (SSSR count). The van der Waals surface area contributed by atoms with E-state index in [9.17, 15) is 0 Å². The third-order valence-corrected chi connectivity index (χ3v) is 3.32. The van der Waals surface area contributed by atoms with E-state index >= 15 is 0 Å². The molecule has 0 bridgehead atoms. The van der Waals surface area contributed by atoms with Gasteiger partial charge in [0, 0.05) is 23.1 Å². The molecule has 1 N–H and O–H groups in total. The van der Waals surface area contributed by atoms with E-state index in [1.807, 2.05) is 12.1 Å². The van der Waals surface area contributed by atoms with Crippen LogP contribution >= 0.6 is 23.2 Å². The van der Waals surface area contributed by atoms with Gasteiger partial charge in [0.25, 0.3) is 0 Å². The normalized spacial score (nSPS) is 21.8. The van der Waals surface area contributed by atoms with E-state index in [4.69, 9.17) is 27.9 Å². The summed E-state index contributed by atoms with van der Waals surface area (Å²) in [7, 11) is 0. The summed E-state index contributed by atoms with van der Waals surface area (Å²) in [6.45, 7) is 3.51. The van der Waals surface area contributed by atoms with Gasteiger partial charge in [0.15, 0.2) is 0 Å². The summed E-state index contributed by atoms with van der Waals surface area (Å²) in [5, 5.41) is 4.79. The molecule has 88 valence electrons. The average molecular weight is 260 g/mol. The zero-order chi connectivity index (χ0) is 11.4. The summed E-state index contributed by atoms with van der Waals surface area (Å²) < 4.78 is 5.51. The zero-order valence-corrected chi connectivity index (χ0v) is 10.5. The maximum Gasteiger partial charge on any atom is 0.0591 e. The second kappa shape index (κ2) is 5.87. The van der Waals surface area contributed by atoms with Crippen molar-refractivity contribution < 1.29 is 4.74 Å². The molecule has 1 unspecified atom stereocenters. The van der Waals surface area contributed by atoms with Crippen molar-refractivity contribution in [2.24, 2.45) is 5.92 Å². The van der Waals surface area contributed by atoms with Crippen molar-refractivity contribution in [3.8, 4) is 0 Å². The fraction of sp³-hybridized carbons (Fsp3) is 0.500. The van der Waals surface area contributed by atoms with Crippen molar-refractivity contribution in [1.29, 1.82) is 0 Å². The Labute approximate surface area is 106 Å². The number of ether oxygens (including phenoxy) is 1. The van der Waals surface area contributed by atoms with Crippen LogP contribution in [0, 0.1) is 5.92 Å². The van der Waals surface area contributed by atoms with Crippen molar-refractivity contribution in [3.05, 3.63) is 33.8 Å². The lowest BCUT2D eigenvalue weighted by Gasteiger charge is -2.14. The van der Waals surface area contributed by atoms with Gasteiger partial charge in [-0.2, -0.15) is 0 Å². The summed E-state index contributed by atoms with van der Waals surface area (Å²) in [6.07, 6.45) is 0.934. The van der Waals surface area contributed by atoms with Crippen LogP contribution in [0.1, 0.15) is 5.56 Å². The first-order valence-corrected chi connectivity index (χ1v) is 6.23. The number of benzene rings is 1. The summed E-state index contributed by atoms with van der Waals surface area (Å²) in [6, 6.07) is 5.67. The van der Waals surface area contributed by atoms with E-state index in [1.54, 1.807) is 6.07 Å². The fourth-order valence-electron chi connectivity index (χ4n) is 1.89. The Morgan fingerprint density at radius 1 is 1.38 bits per heavy atom. The van der Waals surface area contributed by atoms with E-state index in [2.05, 4.69) is 5.32 Å². The van der Waals surface area contributed by atoms with Gasteiger partial charge in [-0.3, -0.25) is 0 Å². The molecule has 0 aromatic heterocycles. The SMILES string of the molecule is Clc1ccc(CC2CNCCOC2)c(Cl)c1. The van der Waals surface area contributed by atoms with Crippen LogP contribution in [0.15, 0.2) is 18.2 Å². The first-order chi connectivity index (χ1) is 7.75. The molecular formula is C12H15Cl2NO. The predicted molar refractivity (Wildman–Crippen MR) is 67.3 cm³/mol. The zero-order valence-electron chi connectivity index (χ0n) is 9.01. The van der Waals surface area contributed by atoms with Crippen molar-refractivity contribution in [1.82, 2.24) is 5.32 Å². The van der Waals surface area contributed by atoms with E-state index in [1.165, 1.54) is 0 Å². The lowest BCUT2D eigenvalue weighted by atomic mass is 10.00. The highest BCUT2D eigenvalue weighted by atomic mass is 35.5. The quantitative estimate of drug-likeness (QED) is 0.882. The molecule has 1 aromatic carbocycles. The van der Waals surface area contributed by atoms with Gasteiger partial charge >= 0.3 is 0 Å². The summed E-state index contributed by atoms with van der Waals surface area (Å²) in [5.74, 6) is 0.487. The Bertz CT molecular complexity index is 349. The van der Waals surface area contributed by atoms with Crippen LogP contribution in [0.3, 0.4) is 0 Å². The highest BCUT2D eigenvalue weighted by molar-refractivity contribution is 6.35. The number of rotatable bonds is 2. The minimum absolute atomic E-state index is 0.487. The molecule has 0 spiro atoms. The van der Waals surface area contributed by atoms with Gasteiger partial charge in [0.05, 0.1) is 13.2 Å². The van der Waals surface area contributed by atoms with E-state index in [-0.39, 0.29) is 0 Å². The van der Waals surface area contributed by atoms with Crippen LogP contribution < -0.4 is 5.32 Å². The van der Waals surface area contributed by atoms with E-state index < -0.39 is 0 Å². The third-order valence-electron chi connectivity index (χ3n) is 2.73. The van der Waals surface area contributed by atoms with Crippen molar-refractivity contribution >= 4 is 23.2 Å². The number of halogens is 2. The Kier molecular flexibility index (Phi) is 4.47. The minimum atomic E-state index is 0.487. The van der Waals surface area contributed by atoms with Gasteiger partial charge in [-0.25, -0.2) is 0 Å². The second-order valence-electron chi connectivity index (χ2n) is 4.08. The molecule has 1 saturated heterocycles. The van der Waals surface area contributed by atoms with Gasteiger partial charge < -0.3 is 10.1 Å². The first-order valence-electron chi connectivity index (χ1n) is 5.48. The third kappa shape index (κ3) is 3.36. The monoisotopic (exact) mass is 259 g/mol. The summed E-state index contributed by atoms with van der Waals surface area (Å²) in [5.41, 5.74) is 1.14. The van der Waals surface area contributed by atoms with Crippen molar-refractivity contribution in [3.63, 3.8) is 0 Å². The fourth-order valence-corrected chi connectivity index (χ4v) is 2.37. The summed E-state index contributed by atoms with van der Waals surface area (Å²) >= 11 is 12.0. The average Bonchev–Trinajstić information content (AvgIpc) is 2.51. The maximum atomic E-state index is 6.14. The molecule has 0 radical (unpaired) electrons. The maximum absolute atomic E-state index is 6.14. The molecule has 0 saturated carbocycles. The molecule has 16 heavy (non-hydrogen) atoms. The lowest BCUT2D eigenvalue weighted by molar-refractivity contribution is 0.123. The lowest BCUT2D eigenvalue weighted by Crippen LogP contribution is -2.24. The van der Waals surface area contributed by atoms with Gasteiger partial charge in [-0.05, 0) is 30.0 Å². The molecule has 1 aromatic rings. The molecule has 1 fully saturated rings. The van der Waals surface area contributed by atoms with E-state index in [0.717, 1.165) is 43.3 Å². The smallest absolute Gasteiger partial charge is 0.0591 e. The first kappa shape index (κ1) is 12.2. The molecule has 1 aliphatic heterocycles. The molecule has 0 aliphatic carbocycles. The van der Waals surface area contributed by atoms with E-state index in [0.29, 0.717) is 10.9 Å². The van der Waals surface area contributed by atoms with Gasteiger partial charge in [-0.1, -0.05) is 29.3 Å². The second-order valence-corrected chi connectivity index (χ2v) is 4.93. The Morgan fingerprint density at radius 3 is 3.06 bits per heavy atom. The standard InChI is InChI=1S/C12H15Cl2NO/c13-11-2-1-10(12(14)6-11)5-9-7-15-3-4-16-8-9/h1-2,6,9,15H,3-5,7-8H2. The minimum Gasteiger partial charge on any atom is -0.380 e. The van der Waals surface area contributed by atoms with Crippen LogP contribution in [0.4, 0.5) is 0 Å². The molecule has 1 aliphatic rings. The van der Waals surface area contributed by atoms with Gasteiger partial charge in [-0.15, -0.1) is 0 Å². The van der Waals surface area contributed by atoms with Crippen LogP contribution in [-0.4, -0.2) is 26.3 Å². The highest BCUT2D eigenvalue weighted by Gasteiger charge is 2.14. The molecule has 2 nitrogen and oxygen atoms in total. The Morgan fingerprint density at radius 2 is 2.25 bits per heavy atom. The summed E-state index contributed by atoms with van der Waals surface area (Å²) in [4.78, 5) is 0. The van der Waals surface area contributed by atoms with Crippen LogP contribution in [0.25, 0.3) is 0 Å². The van der Waals surface area contributed by atoms with Gasteiger partial charge in [0.1, 0.15) is 0 Å². The molecule has 1 heterocycles. The number of nitrogens with one attached hydrogen (secondary N) is 1.